The van der Waals surface area contributed by atoms with Crippen molar-refractivity contribution in [1.82, 2.24) is 15.1 Å². The molecule has 0 unspecified atom stereocenters. The van der Waals surface area contributed by atoms with Crippen LogP contribution in [0.3, 0.4) is 0 Å². The van der Waals surface area contributed by atoms with Crippen LogP contribution in [0.2, 0.25) is 0 Å². The highest BCUT2D eigenvalue weighted by molar-refractivity contribution is 5.96. The van der Waals surface area contributed by atoms with Gasteiger partial charge in [0.1, 0.15) is 0 Å². The van der Waals surface area contributed by atoms with Crippen LogP contribution >= 0.6 is 0 Å². The van der Waals surface area contributed by atoms with Crippen LogP contribution in [0.1, 0.15) is 35.2 Å². The van der Waals surface area contributed by atoms with Crippen molar-refractivity contribution in [3.8, 4) is 0 Å². The molecule has 27 heavy (non-hydrogen) atoms. The molecule has 0 atom stereocenters. The zero-order valence-electron chi connectivity index (χ0n) is 15.1. The Morgan fingerprint density at radius 2 is 1.81 bits per heavy atom. The second-order valence-electron chi connectivity index (χ2n) is 7.21. The Labute approximate surface area is 156 Å². The van der Waals surface area contributed by atoms with E-state index in [9.17, 15) is 22.8 Å². The monoisotopic (exact) mass is 383 g/mol. The van der Waals surface area contributed by atoms with E-state index in [2.05, 4.69) is 5.32 Å². The number of halogens is 3. The van der Waals surface area contributed by atoms with Crippen molar-refractivity contribution in [2.24, 2.45) is 5.92 Å². The zero-order valence-corrected chi connectivity index (χ0v) is 15.1. The summed E-state index contributed by atoms with van der Waals surface area (Å²) in [7, 11) is 0. The van der Waals surface area contributed by atoms with E-state index in [4.69, 9.17) is 0 Å². The van der Waals surface area contributed by atoms with Gasteiger partial charge < -0.3 is 10.2 Å². The van der Waals surface area contributed by atoms with Crippen molar-refractivity contribution >= 4 is 11.8 Å². The van der Waals surface area contributed by atoms with Gasteiger partial charge in [-0.25, -0.2) is 0 Å². The molecule has 1 heterocycles. The molecule has 1 aliphatic heterocycles. The van der Waals surface area contributed by atoms with Gasteiger partial charge in [0.15, 0.2) is 0 Å². The number of nitrogens with zero attached hydrogens (tertiary/aromatic N) is 2. The predicted molar refractivity (Wildman–Crippen MR) is 94.1 cm³/mol. The quantitative estimate of drug-likeness (QED) is 0.850. The minimum atomic E-state index is -4.57. The topological polar surface area (TPSA) is 52.7 Å². The van der Waals surface area contributed by atoms with Gasteiger partial charge in [-0.05, 0) is 37.3 Å². The van der Waals surface area contributed by atoms with Crippen LogP contribution < -0.4 is 5.32 Å². The molecular weight excluding hydrogens is 359 g/mol. The number of nitrogens with one attached hydrogen (secondary N) is 1. The van der Waals surface area contributed by atoms with E-state index in [1.54, 1.807) is 0 Å². The summed E-state index contributed by atoms with van der Waals surface area (Å²) in [6, 6.07) is 4.88. The van der Waals surface area contributed by atoms with Gasteiger partial charge in [0.25, 0.3) is 5.91 Å². The second-order valence-corrected chi connectivity index (χ2v) is 7.21. The Hall–Kier alpha value is -2.09. The number of rotatable bonds is 5. The normalized spacial score (nSPS) is 18.9. The van der Waals surface area contributed by atoms with E-state index < -0.39 is 17.6 Å². The number of hydrogen-bond acceptors (Lipinski definition) is 3. The Morgan fingerprint density at radius 1 is 1.07 bits per heavy atom. The van der Waals surface area contributed by atoms with Gasteiger partial charge in [-0.2, -0.15) is 13.2 Å². The lowest BCUT2D eigenvalue weighted by atomic mass is 10.1. The lowest BCUT2D eigenvalue weighted by Gasteiger charge is -2.23. The Morgan fingerprint density at radius 3 is 2.52 bits per heavy atom. The average molecular weight is 383 g/mol. The molecule has 8 heteroatoms. The van der Waals surface area contributed by atoms with Crippen LogP contribution in [0.5, 0.6) is 0 Å². The van der Waals surface area contributed by atoms with E-state index in [-0.39, 0.29) is 18.0 Å². The number of alkyl halides is 3. The fourth-order valence-corrected chi connectivity index (χ4v) is 3.26. The van der Waals surface area contributed by atoms with E-state index >= 15 is 0 Å². The SMILES string of the molecule is O=C(CN1CCCN(C(=O)c2ccccc2C(F)(F)F)CC1)NCC1CC1. The van der Waals surface area contributed by atoms with E-state index in [0.29, 0.717) is 45.1 Å². The van der Waals surface area contributed by atoms with E-state index in [0.717, 1.165) is 6.07 Å². The molecule has 5 nitrogen and oxygen atoms in total. The van der Waals surface area contributed by atoms with Gasteiger partial charge in [-0.1, -0.05) is 12.1 Å². The summed E-state index contributed by atoms with van der Waals surface area (Å²) in [6.07, 6.45) is -1.61. The maximum absolute atomic E-state index is 13.2. The van der Waals surface area contributed by atoms with Gasteiger partial charge in [0.05, 0.1) is 17.7 Å². The molecule has 1 aromatic carbocycles. The third kappa shape index (κ3) is 5.45. The van der Waals surface area contributed by atoms with Gasteiger partial charge in [0.2, 0.25) is 5.91 Å². The van der Waals surface area contributed by atoms with Gasteiger partial charge in [0, 0.05) is 32.7 Å². The van der Waals surface area contributed by atoms with Gasteiger partial charge >= 0.3 is 6.18 Å². The molecule has 3 rings (SSSR count). The first kappa shape index (κ1) is 19.7. The molecule has 0 aromatic heterocycles. The van der Waals surface area contributed by atoms with E-state index in [1.165, 1.54) is 35.9 Å². The molecule has 1 aromatic rings. The number of amides is 2. The highest BCUT2D eigenvalue weighted by Crippen LogP contribution is 2.32. The average Bonchev–Trinajstić information content (AvgIpc) is 3.46. The summed E-state index contributed by atoms with van der Waals surface area (Å²) in [4.78, 5) is 28.1. The number of carbonyl (C=O) groups is 2. The molecule has 0 radical (unpaired) electrons. The maximum atomic E-state index is 13.2. The van der Waals surface area contributed by atoms with Crippen molar-refractivity contribution in [2.75, 3.05) is 39.3 Å². The van der Waals surface area contributed by atoms with Crippen molar-refractivity contribution in [1.29, 1.82) is 0 Å². The van der Waals surface area contributed by atoms with Crippen molar-refractivity contribution < 1.29 is 22.8 Å². The molecule has 1 saturated heterocycles. The number of carbonyl (C=O) groups excluding carboxylic acids is 2. The van der Waals surface area contributed by atoms with Crippen molar-refractivity contribution in [3.05, 3.63) is 35.4 Å². The van der Waals surface area contributed by atoms with Crippen LogP contribution in [-0.4, -0.2) is 60.9 Å². The molecule has 0 bridgehead atoms. The number of hydrogen-bond donors (Lipinski definition) is 1. The predicted octanol–water partition coefficient (Wildman–Crippen LogP) is 2.38. The molecule has 2 aliphatic rings. The van der Waals surface area contributed by atoms with E-state index in [1.807, 2.05) is 4.90 Å². The summed E-state index contributed by atoms with van der Waals surface area (Å²) in [5.74, 6) is -0.0352. The summed E-state index contributed by atoms with van der Waals surface area (Å²) >= 11 is 0. The van der Waals surface area contributed by atoms with Gasteiger partial charge in [-0.3, -0.25) is 14.5 Å². The fourth-order valence-electron chi connectivity index (χ4n) is 3.26. The van der Waals surface area contributed by atoms with Crippen LogP contribution in [0.4, 0.5) is 13.2 Å². The standard InChI is InChI=1S/C19H24F3N3O2/c20-19(21,22)16-5-2-1-4-15(16)18(27)25-9-3-8-24(10-11-25)13-17(26)23-12-14-6-7-14/h1-2,4-5,14H,3,6-13H2,(H,23,26). The third-order valence-electron chi connectivity index (χ3n) is 4.99. The fraction of sp³-hybridized carbons (Fsp3) is 0.579. The number of benzene rings is 1. The Kier molecular flexibility index (Phi) is 6.04. The third-order valence-corrected chi connectivity index (χ3v) is 4.99. The van der Waals surface area contributed by atoms with Crippen LogP contribution in [-0.2, 0) is 11.0 Å². The minimum absolute atomic E-state index is 0.0379. The lowest BCUT2D eigenvalue weighted by molar-refractivity contribution is -0.138. The largest absolute Gasteiger partial charge is 0.417 e. The van der Waals surface area contributed by atoms with Crippen LogP contribution in [0, 0.1) is 5.92 Å². The first-order valence-corrected chi connectivity index (χ1v) is 9.29. The molecule has 2 amide bonds. The lowest BCUT2D eigenvalue weighted by Crippen LogP contribution is -2.40. The molecule has 0 spiro atoms. The summed E-state index contributed by atoms with van der Waals surface area (Å²) in [5.41, 5.74) is -1.23. The first-order valence-electron chi connectivity index (χ1n) is 9.29. The molecule has 1 N–H and O–H groups in total. The summed E-state index contributed by atoms with van der Waals surface area (Å²) in [6.45, 7) is 2.77. The molecule has 1 saturated carbocycles. The molecule has 148 valence electrons. The van der Waals surface area contributed by atoms with Crippen LogP contribution in [0.15, 0.2) is 24.3 Å². The summed E-state index contributed by atoms with van der Waals surface area (Å²) in [5, 5.41) is 2.91. The smallest absolute Gasteiger partial charge is 0.355 e. The summed E-state index contributed by atoms with van der Waals surface area (Å²) < 4.78 is 39.5. The van der Waals surface area contributed by atoms with Crippen molar-refractivity contribution in [3.63, 3.8) is 0 Å². The maximum Gasteiger partial charge on any atom is 0.417 e. The molecular formula is C19H24F3N3O2. The Bertz CT molecular complexity index is 689. The van der Waals surface area contributed by atoms with Crippen molar-refractivity contribution in [2.45, 2.75) is 25.4 Å². The molecule has 2 fully saturated rings. The molecule has 1 aliphatic carbocycles. The zero-order chi connectivity index (χ0) is 19.4. The van der Waals surface area contributed by atoms with Gasteiger partial charge in [-0.15, -0.1) is 0 Å². The van der Waals surface area contributed by atoms with Crippen LogP contribution in [0.25, 0.3) is 0 Å². The minimum Gasteiger partial charge on any atom is -0.355 e. The Balaban J connectivity index is 1.57. The first-order chi connectivity index (χ1) is 12.8. The highest BCUT2D eigenvalue weighted by atomic mass is 19.4. The second kappa shape index (κ2) is 8.29. The highest BCUT2D eigenvalue weighted by Gasteiger charge is 2.36.